The number of hydrogen-bond acceptors (Lipinski definition) is 5. The molecule has 1 aliphatic rings. The maximum Gasteiger partial charge on any atom is 0.276 e. The van der Waals surface area contributed by atoms with E-state index in [1.165, 1.54) is 0 Å². The van der Waals surface area contributed by atoms with Crippen LogP contribution < -0.4 is 20.3 Å². The quantitative estimate of drug-likeness (QED) is 0.655. The van der Waals surface area contributed by atoms with Gasteiger partial charge in [-0.3, -0.25) is 20.4 Å². The molecule has 3 rings (SSSR count). The summed E-state index contributed by atoms with van der Waals surface area (Å²) < 4.78 is 16.6. The van der Waals surface area contributed by atoms with Crippen molar-refractivity contribution < 1.29 is 23.8 Å². The van der Waals surface area contributed by atoms with Gasteiger partial charge in [-0.25, -0.2) is 0 Å². The number of hydrogen-bond donors (Lipinski definition) is 2. The van der Waals surface area contributed by atoms with Crippen LogP contribution >= 0.6 is 11.6 Å². The minimum atomic E-state index is -0.481. The predicted octanol–water partition coefficient (Wildman–Crippen LogP) is 3.35. The number of rotatable bonds is 7. The van der Waals surface area contributed by atoms with Crippen LogP contribution in [0.5, 0.6) is 11.5 Å². The molecule has 2 amide bonds. The first-order valence-corrected chi connectivity index (χ1v) is 10.1. The summed E-state index contributed by atoms with van der Waals surface area (Å²) in [6, 6.07) is 10.2. The number of aryl methyl sites for hydroxylation is 2. The predicted molar refractivity (Wildman–Crippen MR) is 113 cm³/mol. The highest BCUT2D eigenvalue weighted by Crippen LogP contribution is 2.25. The van der Waals surface area contributed by atoms with Gasteiger partial charge in [-0.05, 0) is 74.2 Å². The van der Waals surface area contributed by atoms with E-state index in [1.807, 2.05) is 13.8 Å². The second-order valence-corrected chi connectivity index (χ2v) is 7.51. The Balaban J connectivity index is 1.41. The second-order valence-electron chi connectivity index (χ2n) is 7.13. The van der Waals surface area contributed by atoms with Gasteiger partial charge < -0.3 is 14.2 Å². The first-order chi connectivity index (χ1) is 14.4. The molecule has 1 heterocycles. The summed E-state index contributed by atoms with van der Waals surface area (Å²) in [5.41, 5.74) is 6.82. The topological polar surface area (TPSA) is 85.9 Å². The Kier molecular flexibility index (Phi) is 7.54. The van der Waals surface area contributed by atoms with Crippen LogP contribution in [0.15, 0.2) is 36.4 Å². The van der Waals surface area contributed by atoms with E-state index in [4.69, 9.17) is 25.8 Å². The van der Waals surface area contributed by atoms with Crippen molar-refractivity contribution in [1.82, 2.24) is 10.9 Å². The van der Waals surface area contributed by atoms with Crippen molar-refractivity contribution >= 4 is 23.4 Å². The second kappa shape index (κ2) is 10.3. The van der Waals surface area contributed by atoms with Crippen molar-refractivity contribution in [3.05, 3.63) is 58.1 Å². The van der Waals surface area contributed by atoms with Gasteiger partial charge in [0.1, 0.15) is 18.1 Å². The summed E-state index contributed by atoms with van der Waals surface area (Å²) in [4.78, 5) is 24.1. The number of hydrazine groups is 1. The fourth-order valence-corrected chi connectivity index (χ4v) is 3.15. The molecule has 7 nitrogen and oxygen atoms in total. The molecule has 160 valence electrons. The Morgan fingerprint density at radius 2 is 1.77 bits per heavy atom. The van der Waals surface area contributed by atoms with E-state index in [0.29, 0.717) is 28.7 Å². The molecule has 2 aromatic carbocycles. The van der Waals surface area contributed by atoms with Gasteiger partial charge in [-0.2, -0.15) is 0 Å². The van der Waals surface area contributed by atoms with Crippen molar-refractivity contribution in [1.29, 1.82) is 0 Å². The highest BCUT2D eigenvalue weighted by atomic mass is 35.5. The van der Waals surface area contributed by atoms with Gasteiger partial charge in [-0.1, -0.05) is 11.6 Å². The first-order valence-electron chi connectivity index (χ1n) is 9.75. The monoisotopic (exact) mass is 432 g/mol. The lowest BCUT2D eigenvalue weighted by Crippen LogP contribution is -2.43. The molecule has 0 aromatic heterocycles. The molecule has 1 aliphatic heterocycles. The molecule has 1 saturated heterocycles. The van der Waals surface area contributed by atoms with Gasteiger partial charge in [0.2, 0.25) is 0 Å². The largest absolute Gasteiger partial charge is 0.491 e. The molecule has 0 saturated carbocycles. The molecule has 8 heteroatoms. The average Bonchev–Trinajstić information content (AvgIpc) is 3.27. The molecule has 1 unspecified atom stereocenters. The molecule has 30 heavy (non-hydrogen) atoms. The van der Waals surface area contributed by atoms with Gasteiger partial charge in [-0.15, -0.1) is 0 Å². The number of ether oxygens (including phenoxy) is 3. The standard InChI is InChI=1S/C22H25ClN2O5/c1-14-10-19(11-15(2)21(14)23)30-13-20(26)24-25-22(27)16-5-7-17(8-6-16)29-12-18-4-3-9-28-18/h5-8,10-11,18H,3-4,9,12-13H2,1-2H3,(H,24,26)(H,25,27). The number of carbonyl (C=O) groups excluding carboxylic acids is 2. The van der Waals surface area contributed by atoms with Crippen molar-refractivity contribution in [2.24, 2.45) is 0 Å². The van der Waals surface area contributed by atoms with E-state index in [0.717, 1.165) is 30.6 Å². The SMILES string of the molecule is Cc1cc(OCC(=O)NNC(=O)c2ccc(OCC3CCCO3)cc2)cc(C)c1Cl. The Morgan fingerprint density at radius 1 is 1.07 bits per heavy atom. The Labute approximate surface area is 180 Å². The fourth-order valence-electron chi connectivity index (χ4n) is 3.04. The minimum absolute atomic E-state index is 0.131. The van der Waals surface area contributed by atoms with Gasteiger partial charge >= 0.3 is 0 Å². The smallest absolute Gasteiger partial charge is 0.276 e. The highest BCUT2D eigenvalue weighted by Gasteiger charge is 2.16. The zero-order valence-electron chi connectivity index (χ0n) is 17.0. The average molecular weight is 433 g/mol. The molecule has 0 spiro atoms. The third kappa shape index (κ3) is 6.11. The number of nitrogens with one attached hydrogen (secondary N) is 2. The number of carbonyl (C=O) groups is 2. The molecule has 2 aromatic rings. The van der Waals surface area contributed by atoms with Gasteiger partial charge in [0.25, 0.3) is 11.8 Å². The van der Waals surface area contributed by atoms with E-state index >= 15 is 0 Å². The molecule has 0 aliphatic carbocycles. The van der Waals surface area contributed by atoms with Crippen molar-refractivity contribution in [2.45, 2.75) is 32.8 Å². The van der Waals surface area contributed by atoms with Crippen molar-refractivity contribution in [3.8, 4) is 11.5 Å². The summed E-state index contributed by atoms with van der Waals surface area (Å²) in [7, 11) is 0. The maximum absolute atomic E-state index is 12.2. The van der Waals surface area contributed by atoms with E-state index in [-0.39, 0.29) is 12.7 Å². The number of benzene rings is 2. The summed E-state index contributed by atoms with van der Waals surface area (Å²) in [5.74, 6) is 0.278. The molecule has 2 N–H and O–H groups in total. The summed E-state index contributed by atoms with van der Waals surface area (Å²) in [6.45, 7) is 4.76. The lowest BCUT2D eigenvalue weighted by Gasteiger charge is -2.12. The summed E-state index contributed by atoms with van der Waals surface area (Å²) >= 11 is 6.12. The molecule has 1 atom stereocenters. The van der Waals surface area contributed by atoms with Crippen LogP contribution in [0.4, 0.5) is 0 Å². The number of halogens is 1. The van der Waals surface area contributed by atoms with Gasteiger partial charge in [0, 0.05) is 17.2 Å². The Bertz CT molecular complexity index is 872. The van der Waals surface area contributed by atoms with Gasteiger partial charge in [0.15, 0.2) is 6.61 Å². The van der Waals surface area contributed by atoms with Crippen LogP contribution in [0.2, 0.25) is 5.02 Å². The number of amides is 2. The zero-order valence-corrected chi connectivity index (χ0v) is 17.8. The lowest BCUT2D eigenvalue weighted by molar-refractivity contribution is -0.123. The third-order valence-electron chi connectivity index (χ3n) is 4.67. The van der Waals surface area contributed by atoms with Crippen molar-refractivity contribution in [2.75, 3.05) is 19.8 Å². The van der Waals surface area contributed by atoms with E-state index < -0.39 is 11.8 Å². The molecule has 0 bridgehead atoms. The van der Waals surface area contributed by atoms with E-state index in [2.05, 4.69) is 10.9 Å². The van der Waals surface area contributed by atoms with Gasteiger partial charge in [0.05, 0.1) is 6.10 Å². The minimum Gasteiger partial charge on any atom is -0.491 e. The van der Waals surface area contributed by atoms with Crippen LogP contribution in [0.25, 0.3) is 0 Å². The van der Waals surface area contributed by atoms with Crippen LogP contribution in [0, 0.1) is 13.8 Å². The molecular formula is C22H25ClN2O5. The fraction of sp³-hybridized carbons (Fsp3) is 0.364. The lowest BCUT2D eigenvalue weighted by atomic mass is 10.1. The van der Waals surface area contributed by atoms with Crippen molar-refractivity contribution in [3.63, 3.8) is 0 Å². The molecule has 1 fully saturated rings. The Hall–Kier alpha value is -2.77. The van der Waals surface area contributed by atoms with Crippen LogP contribution in [0.1, 0.15) is 34.3 Å². The highest BCUT2D eigenvalue weighted by molar-refractivity contribution is 6.32. The third-order valence-corrected chi connectivity index (χ3v) is 5.27. The summed E-state index contributed by atoms with van der Waals surface area (Å²) in [6.07, 6.45) is 2.19. The van der Waals surface area contributed by atoms with Crippen LogP contribution in [0.3, 0.4) is 0 Å². The van der Waals surface area contributed by atoms with Crippen LogP contribution in [-0.4, -0.2) is 37.7 Å². The van der Waals surface area contributed by atoms with E-state index in [1.54, 1.807) is 36.4 Å². The Morgan fingerprint density at radius 3 is 2.40 bits per heavy atom. The molecular weight excluding hydrogens is 408 g/mol. The zero-order chi connectivity index (χ0) is 21.5. The van der Waals surface area contributed by atoms with E-state index in [9.17, 15) is 9.59 Å². The summed E-state index contributed by atoms with van der Waals surface area (Å²) in [5, 5.41) is 0.669. The maximum atomic E-state index is 12.2. The van der Waals surface area contributed by atoms with Crippen LogP contribution in [-0.2, 0) is 9.53 Å². The normalized spacial score (nSPS) is 15.5. The molecule has 0 radical (unpaired) electrons. The first kappa shape index (κ1) is 21.9.